The second-order valence-electron chi connectivity index (χ2n) is 7.87. The summed E-state index contributed by atoms with van der Waals surface area (Å²) in [6.45, 7) is 3.60. The zero-order chi connectivity index (χ0) is 24.1. The molecule has 2 fully saturated rings. The number of alkyl halides is 3. The van der Waals surface area contributed by atoms with Crippen molar-refractivity contribution in [3.8, 4) is 11.4 Å². The summed E-state index contributed by atoms with van der Waals surface area (Å²) in [6.07, 6.45) is -3.96. The van der Waals surface area contributed by atoms with Crippen LogP contribution in [0.25, 0.3) is 11.4 Å². The van der Waals surface area contributed by atoms with Crippen LogP contribution in [-0.4, -0.2) is 90.5 Å². The molecule has 0 spiro atoms. The third kappa shape index (κ3) is 5.65. The SMILES string of the molecule is O=C(NC[C@H]1COCCN1C(=O)N1CCCOCC1)c1ccc(-c2noc(C(F)(F)F)n2)cc1. The van der Waals surface area contributed by atoms with Crippen molar-refractivity contribution in [2.45, 2.75) is 18.6 Å². The number of morpholine rings is 1. The van der Waals surface area contributed by atoms with E-state index >= 15 is 0 Å². The molecule has 0 aliphatic carbocycles. The Morgan fingerprint density at radius 1 is 1.06 bits per heavy atom. The first-order valence-corrected chi connectivity index (χ1v) is 10.8. The first-order valence-electron chi connectivity index (χ1n) is 10.8. The predicted molar refractivity (Wildman–Crippen MR) is 111 cm³/mol. The summed E-state index contributed by atoms with van der Waals surface area (Å²) < 4.78 is 53.1. The lowest BCUT2D eigenvalue weighted by Crippen LogP contribution is -2.57. The van der Waals surface area contributed by atoms with Gasteiger partial charge in [-0.1, -0.05) is 17.3 Å². The van der Waals surface area contributed by atoms with Crippen molar-refractivity contribution in [2.24, 2.45) is 0 Å². The third-order valence-corrected chi connectivity index (χ3v) is 5.54. The van der Waals surface area contributed by atoms with Crippen molar-refractivity contribution >= 4 is 11.9 Å². The second kappa shape index (κ2) is 10.4. The van der Waals surface area contributed by atoms with Gasteiger partial charge >= 0.3 is 18.1 Å². The van der Waals surface area contributed by atoms with Gasteiger partial charge in [0.15, 0.2) is 0 Å². The maximum atomic E-state index is 13.0. The average molecular weight is 483 g/mol. The average Bonchev–Trinajstić information content (AvgIpc) is 3.19. The van der Waals surface area contributed by atoms with E-state index in [0.29, 0.717) is 51.6 Å². The molecule has 0 bridgehead atoms. The smallest absolute Gasteiger partial charge is 0.380 e. The molecule has 2 aliphatic rings. The summed E-state index contributed by atoms with van der Waals surface area (Å²) in [7, 11) is 0. The van der Waals surface area contributed by atoms with E-state index in [9.17, 15) is 22.8 Å². The van der Waals surface area contributed by atoms with Gasteiger partial charge in [-0.25, -0.2) is 4.79 Å². The van der Waals surface area contributed by atoms with Crippen LogP contribution in [0.5, 0.6) is 0 Å². The van der Waals surface area contributed by atoms with Crippen LogP contribution in [0.15, 0.2) is 28.8 Å². The molecule has 1 atom stereocenters. The predicted octanol–water partition coefficient (Wildman–Crippen LogP) is 2.03. The number of aromatic nitrogens is 2. The molecule has 2 aromatic rings. The van der Waals surface area contributed by atoms with Gasteiger partial charge in [0.1, 0.15) is 0 Å². The van der Waals surface area contributed by atoms with Crippen LogP contribution in [-0.2, 0) is 15.7 Å². The van der Waals surface area contributed by atoms with E-state index < -0.39 is 18.0 Å². The fourth-order valence-electron chi connectivity index (χ4n) is 3.73. The quantitative estimate of drug-likeness (QED) is 0.709. The molecular weight excluding hydrogens is 459 g/mol. The molecular formula is C21H24F3N5O5. The normalized spacial score (nSPS) is 19.6. The molecule has 0 saturated carbocycles. The van der Waals surface area contributed by atoms with Crippen LogP contribution >= 0.6 is 0 Å². The maximum Gasteiger partial charge on any atom is 0.471 e. The molecule has 0 radical (unpaired) electrons. The van der Waals surface area contributed by atoms with E-state index in [1.54, 1.807) is 9.80 Å². The van der Waals surface area contributed by atoms with Gasteiger partial charge in [0.25, 0.3) is 5.91 Å². The van der Waals surface area contributed by atoms with Crippen molar-refractivity contribution in [3.05, 3.63) is 35.7 Å². The Labute approximate surface area is 193 Å². The monoisotopic (exact) mass is 483 g/mol. The van der Waals surface area contributed by atoms with Crippen molar-refractivity contribution in [2.75, 3.05) is 52.6 Å². The third-order valence-electron chi connectivity index (χ3n) is 5.54. The van der Waals surface area contributed by atoms with Gasteiger partial charge in [0.2, 0.25) is 5.82 Å². The second-order valence-corrected chi connectivity index (χ2v) is 7.87. The standard InChI is InChI=1S/C21H24F3N5O5/c22-21(23,24)19-26-17(27-34-19)14-2-4-15(5-3-14)18(30)25-12-16-13-33-11-8-29(16)20(31)28-6-1-9-32-10-7-28/h2-5,16H,1,6-13H2,(H,25,30)/t16-/m0/s1. The number of halogens is 3. The van der Waals surface area contributed by atoms with Gasteiger partial charge in [0, 0.05) is 43.9 Å². The number of hydrogen-bond acceptors (Lipinski definition) is 7. The van der Waals surface area contributed by atoms with Crippen LogP contribution in [0.4, 0.5) is 18.0 Å². The highest BCUT2D eigenvalue weighted by Crippen LogP contribution is 2.29. The number of urea groups is 1. The maximum absolute atomic E-state index is 13.0. The first kappa shape index (κ1) is 24.0. The minimum absolute atomic E-state index is 0.101. The van der Waals surface area contributed by atoms with E-state index in [-0.39, 0.29) is 30.0 Å². The molecule has 3 heterocycles. The van der Waals surface area contributed by atoms with E-state index in [2.05, 4.69) is 20.0 Å². The fraction of sp³-hybridized carbons (Fsp3) is 0.524. The zero-order valence-corrected chi connectivity index (χ0v) is 18.2. The molecule has 1 aromatic heterocycles. The summed E-state index contributed by atoms with van der Waals surface area (Å²) in [5, 5.41) is 6.12. The van der Waals surface area contributed by atoms with Crippen molar-refractivity contribution in [1.82, 2.24) is 25.3 Å². The fourth-order valence-corrected chi connectivity index (χ4v) is 3.73. The minimum Gasteiger partial charge on any atom is -0.380 e. The van der Waals surface area contributed by atoms with Crippen LogP contribution in [0.3, 0.4) is 0 Å². The Kier molecular flexibility index (Phi) is 7.32. The first-order chi connectivity index (χ1) is 16.3. The highest BCUT2D eigenvalue weighted by atomic mass is 19.4. The molecule has 34 heavy (non-hydrogen) atoms. The van der Waals surface area contributed by atoms with Gasteiger partial charge in [-0.2, -0.15) is 18.2 Å². The summed E-state index contributed by atoms with van der Waals surface area (Å²) in [5.41, 5.74) is 0.567. The molecule has 0 unspecified atom stereocenters. The topological polar surface area (TPSA) is 110 Å². The molecule has 13 heteroatoms. The van der Waals surface area contributed by atoms with Crippen LogP contribution < -0.4 is 5.32 Å². The number of carbonyl (C=O) groups is 2. The van der Waals surface area contributed by atoms with Crippen LogP contribution in [0.2, 0.25) is 0 Å². The largest absolute Gasteiger partial charge is 0.471 e. The molecule has 10 nitrogen and oxygen atoms in total. The van der Waals surface area contributed by atoms with Crippen LogP contribution in [0, 0.1) is 0 Å². The van der Waals surface area contributed by atoms with Crippen LogP contribution in [0.1, 0.15) is 22.7 Å². The van der Waals surface area contributed by atoms with Crippen molar-refractivity contribution in [1.29, 1.82) is 0 Å². The Bertz CT molecular complexity index is 989. The number of nitrogens with zero attached hydrogens (tertiary/aromatic N) is 4. The Morgan fingerprint density at radius 2 is 1.82 bits per heavy atom. The highest BCUT2D eigenvalue weighted by Gasteiger charge is 2.38. The van der Waals surface area contributed by atoms with Gasteiger partial charge in [-0.05, 0) is 18.6 Å². The Morgan fingerprint density at radius 3 is 2.56 bits per heavy atom. The highest BCUT2D eigenvalue weighted by molar-refractivity contribution is 5.94. The van der Waals surface area contributed by atoms with E-state index in [1.807, 2.05) is 0 Å². The van der Waals surface area contributed by atoms with Gasteiger partial charge < -0.3 is 29.1 Å². The van der Waals surface area contributed by atoms with Crippen molar-refractivity contribution < 1.29 is 36.8 Å². The summed E-state index contributed by atoms with van der Waals surface area (Å²) in [5.74, 6) is -2.06. The molecule has 1 aromatic carbocycles. The van der Waals surface area contributed by atoms with Gasteiger partial charge in [0.05, 0.1) is 25.9 Å². The number of nitrogens with one attached hydrogen (secondary N) is 1. The lowest BCUT2D eigenvalue weighted by molar-refractivity contribution is -0.159. The van der Waals surface area contributed by atoms with Crippen molar-refractivity contribution in [3.63, 3.8) is 0 Å². The Balaban J connectivity index is 1.35. The molecule has 3 amide bonds. The van der Waals surface area contributed by atoms with Gasteiger partial charge in [-0.15, -0.1) is 0 Å². The molecule has 2 saturated heterocycles. The number of amides is 3. The summed E-state index contributed by atoms with van der Waals surface area (Å²) >= 11 is 0. The number of hydrogen-bond donors (Lipinski definition) is 1. The summed E-state index contributed by atoms with van der Waals surface area (Å²) in [6, 6.07) is 5.34. The van der Waals surface area contributed by atoms with Gasteiger partial charge in [-0.3, -0.25) is 4.79 Å². The Hall–Kier alpha value is -3.19. The lowest BCUT2D eigenvalue weighted by atomic mass is 10.1. The molecule has 184 valence electrons. The number of ether oxygens (including phenoxy) is 2. The van der Waals surface area contributed by atoms with E-state index in [1.165, 1.54) is 24.3 Å². The lowest BCUT2D eigenvalue weighted by Gasteiger charge is -2.38. The summed E-state index contributed by atoms with van der Waals surface area (Å²) in [4.78, 5) is 32.4. The minimum atomic E-state index is -4.73. The molecule has 4 rings (SSSR count). The van der Waals surface area contributed by atoms with E-state index in [0.717, 1.165) is 6.42 Å². The number of benzene rings is 1. The van der Waals surface area contributed by atoms with E-state index in [4.69, 9.17) is 9.47 Å². The molecule has 1 N–H and O–H groups in total. The number of carbonyl (C=O) groups excluding carboxylic acids is 2. The zero-order valence-electron chi connectivity index (χ0n) is 18.2. The molecule has 2 aliphatic heterocycles. The number of rotatable bonds is 4.